The lowest BCUT2D eigenvalue weighted by molar-refractivity contribution is -0.137. The highest BCUT2D eigenvalue weighted by molar-refractivity contribution is 9.10. The first-order chi connectivity index (χ1) is 13.5. The molecule has 0 N–H and O–H groups in total. The number of amides is 2. The monoisotopic (exact) mass is 447 g/mol. The van der Waals surface area contributed by atoms with Crippen LogP contribution in [0.1, 0.15) is 48.9 Å². The summed E-state index contributed by atoms with van der Waals surface area (Å²) in [7, 11) is 0. The summed E-state index contributed by atoms with van der Waals surface area (Å²) in [6.07, 6.45) is 6.32. The number of nitrogens with zero attached hydrogens (tertiary/aromatic N) is 3. The summed E-state index contributed by atoms with van der Waals surface area (Å²) >= 11 is 3.36. The van der Waals surface area contributed by atoms with E-state index < -0.39 is 11.7 Å². The van der Waals surface area contributed by atoms with Gasteiger partial charge in [-0.05, 0) is 43.9 Å². The Morgan fingerprint density at radius 3 is 2.36 bits per heavy atom. The van der Waals surface area contributed by atoms with Crippen molar-refractivity contribution in [2.24, 2.45) is 5.92 Å². The number of rotatable bonds is 3. The largest absolute Gasteiger partial charge is 0.342 e. The zero-order valence-electron chi connectivity index (χ0n) is 16.0. The molecule has 0 atom stereocenters. The van der Waals surface area contributed by atoms with Crippen LogP contribution in [0.4, 0.5) is 5.69 Å². The van der Waals surface area contributed by atoms with Crippen molar-refractivity contribution in [2.75, 3.05) is 37.7 Å². The van der Waals surface area contributed by atoms with E-state index in [0.717, 1.165) is 56.3 Å². The molecule has 0 bridgehead atoms. The second-order valence-electron chi connectivity index (χ2n) is 8.00. The average Bonchev–Trinajstić information content (AvgIpc) is 2.91. The van der Waals surface area contributed by atoms with Gasteiger partial charge in [-0.1, -0.05) is 28.8 Å². The summed E-state index contributed by atoms with van der Waals surface area (Å²) in [5.41, 5.74) is 1.14. The number of likely N-dealkylation sites (tertiary alicyclic amines) is 2. The fourth-order valence-corrected chi connectivity index (χ4v) is 4.84. The van der Waals surface area contributed by atoms with Gasteiger partial charge in [0.25, 0.3) is 5.78 Å². The number of fused-ring (bicyclic) bond motifs is 1. The van der Waals surface area contributed by atoms with Crippen molar-refractivity contribution in [3.05, 3.63) is 28.2 Å². The van der Waals surface area contributed by atoms with Crippen LogP contribution in [0.3, 0.4) is 0 Å². The van der Waals surface area contributed by atoms with Crippen LogP contribution in [0.15, 0.2) is 22.7 Å². The maximum Gasteiger partial charge on any atom is 0.300 e. The van der Waals surface area contributed by atoms with Gasteiger partial charge in [-0.25, -0.2) is 0 Å². The number of Topliss-reactive ketones (excluding diaryl/α,β-unsaturated/α-hetero) is 1. The van der Waals surface area contributed by atoms with E-state index in [2.05, 4.69) is 25.7 Å². The summed E-state index contributed by atoms with van der Waals surface area (Å²) < 4.78 is 0.794. The molecule has 2 saturated heterocycles. The third-order valence-electron chi connectivity index (χ3n) is 6.13. The average molecular weight is 448 g/mol. The first-order valence-corrected chi connectivity index (χ1v) is 11.0. The van der Waals surface area contributed by atoms with E-state index >= 15 is 0 Å². The highest BCUT2D eigenvalue weighted by Gasteiger charge is 2.37. The number of hydrogen-bond donors (Lipinski definition) is 0. The number of hydrogen-bond acceptors (Lipinski definition) is 4. The molecule has 150 valence electrons. The highest BCUT2D eigenvalue weighted by atomic mass is 79.9. The number of ketones is 1. The summed E-state index contributed by atoms with van der Waals surface area (Å²) in [5.74, 6) is -0.504. The molecule has 3 heterocycles. The summed E-state index contributed by atoms with van der Waals surface area (Å²) in [6.45, 7) is 3.75. The number of carbonyl (C=O) groups excluding carboxylic acids is 3. The van der Waals surface area contributed by atoms with Crippen LogP contribution in [-0.2, 0) is 9.59 Å². The Labute approximate surface area is 174 Å². The lowest BCUT2D eigenvalue weighted by Crippen LogP contribution is -2.47. The number of benzene rings is 1. The van der Waals surface area contributed by atoms with Crippen molar-refractivity contribution < 1.29 is 14.4 Å². The van der Waals surface area contributed by atoms with Gasteiger partial charge in [0.15, 0.2) is 0 Å². The van der Waals surface area contributed by atoms with Crippen LogP contribution in [0.2, 0.25) is 0 Å². The van der Waals surface area contributed by atoms with Crippen LogP contribution in [-0.4, -0.2) is 60.2 Å². The molecule has 7 heteroatoms. The number of halogens is 1. The van der Waals surface area contributed by atoms with E-state index in [-0.39, 0.29) is 5.92 Å². The lowest BCUT2D eigenvalue weighted by Gasteiger charge is -2.35. The molecule has 4 rings (SSSR count). The predicted octanol–water partition coefficient (Wildman–Crippen LogP) is 3.05. The molecular formula is C21H26BrN3O3. The standard InChI is InChI=1S/C21H26BrN3O3/c22-16-5-6-18-17(13-16)19(26)21(28)25(18)14-23-11-7-15(8-12-23)20(27)24-9-3-1-2-4-10-24/h5-6,13,15H,1-4,7-12,14H2. The zero-order chi connectivity index (χ0) is 19.7. The Morgan fingerprint density at radius 2 is 1.68 bits per heavy atom. The van der Waals surface area contributed by atoms with Crippen molar-refractivity contribution in [1.82, 2.24) is 9.80 Å². The molecule has 2 fully saturated rings. The molecule has 0 saturated carbocycles. The Morgan fingerprint density at radius 1 is 1.00 bits per heavy atom. The quantitative estimate of drug-likeness (QED) is 0.667. The van der Waals surface area contributed by atoms with Crippen LogP contribution in [0.25, 0.3) is 0 Å². The molecule has 28 heavy (non-hydrogen) atoms. The summed E-state index contributed by atoms with van der Waals surface area (Å²) in [6, 6.07) is 5.38. The molecule has 0 aliphatic carbocycles. The Kier molecular flexibility index (Phi) is 5.83. The van der Waals surface area contributed by atoms with Gasteiger partial charge in [-0.15, -0.1) is 0 Å². The number of anilines is 1. The summed E-state index contributed by atoms with van der Waals surface area (Å²) in [5, 5.41) is 0. The van der Waals surface area contributed by atoms with Gasteiger partial charge in [-0.3, -0.25) is 24.2 Å². The summed E-state index contributed by atoms with van der Waals surface area (Å²) in [4.78, 5) is 43.3. The van der Waals surface area contributed by atoms with Crippen LogP contribution < -0.4 is 4.90 Å². The van der Waals surface area contributed by atoms with Crippen molar-refractivity contribution in [3.63, 3.8) is 0 Å². The van der Waals surface area contributed by atoms with E-state index in [1.165, 1.54) is 12.8 Å². The molecule has 0 radical (unpaired) electrons. The van der Waals surface area contributed by atoms with Gasteiger partial charge in [0, 0.05) is 36.6 Å². The van der Waals surface area contributed by atoms with Gasteiger partial charge < -0.3 is 4.90 Å². The first-order valence-electron chi connectivity index (χ1n) is 10.2. The van der Waals surface area contributed by atoms with Crippen LogP contribution in [0.5, 0.6) is 0 Å². The van der Waals surface area contributed by atoms with Gasteiger partial charge in [-0.2, -0.15) is 0 Å². The minimum Gasteiger partial charge on any atom is -0.342 e. The maximum absolute atomic E-state index is 12.8. The SMILES string of the molecule is O=C1C(=O)N(CN2CCC(C(=O)N3CCCCCC3)CC2)c2ccc(Br)cc21. The molecule has 3 aliphatic rings. The van der Waals surface area contributed by atoms with Crippen molar-refractivity contribution in [1.29, 1.82) is 0 Å². The number of carbonyl (C=O) groups is 3. The minimum atomic E-state index is -0.462. The molecule has 0 aromatic heterocycles. The van der Waals surface area contributed by atoms with E-state index in [0.29, 0.717) is 23.8 Å². The number of piperidine rings is 1. The van der Waals surface area contributed by atoms with Gasteiger partial charge in [0.2, 0.25) is 5.91 Å². The third-order valence-corrected chi connectivity index (χ3v) is 6.62. The molecule has 2 amide bonds. The highest BCUT2D eigenvalue weighted by Crippen LogP contribution is 2.32. The fraction of sp³-hybridized carbons (Fsp3) is 0.571. The predicted molar refractivity (Wildman–Crippen MR) is 110 cm³/mol. The Bertz CT molecular complexity index is 781. The van der Waals surface area contributed by atoms with Crippen molar-refractivity contribution in [2.45, 2.75) is 38.5 Å². The van der Waals surface area contributed by atoms with Gasteiger partial charge in [0.1, 0.15) is 0 Å². The molecular weight excluding hydrogens is 422 g/mol. The Hall–Kier alpha value is -1.73. The fourth-order valence-electron chi connectivity index (χ4n) is 4.48. The molecule has 0 spiro atoms. The topological polar surface area (TPSA) is 60.9 Å². The Balaban J connectivity index is 1.35. The van der Waals surface area contributed by atoms with Crippen LogP contribution >= 0.6 is 15.9 Å². The van der Waals surface area contributed by atoms with E-state index in [4.69, 9.17) is 0 Å². The molecule has 1 aromatic carbocycles. The van der Waals surface area contributed by atoms with Gasteiger partial charge >= 0.3 is 5.91 Å². The minimum absolute atomic E-state index is 0.0912. The smallest absolute Gasteiger partial charge is 0.300 e. The maximum atomic E-state index is 12.8. The first kappa shape index (κ1) is 19.6. The lowest BCUT2D eigenvalue weighted by atomic mass is 9.95. The second kappa shape index (κ2) is 8.33. The third kappa shape index (κ3) is 3.87. The zero-order valence-corrected chi connectivity index (χ0v) is 17.6. The molecule has 0 unspecified atom stereocenters. The molecule has 1 aromatic rings. The van der Waals surface area contributed by atoms with E-state index in [1.54, 1.807) is 11.0 Å². The van der Waals surface area contributed by atoms with Gasteiger partial charge in [0.05, 0.1) is 17.9 Å². The van der Waals surface area contributed by atoms with E-state index in [1.807, 2.05) is 12.1 Å². The second-order valence-corrected chi connectivity index (χ2v) is 8.91. The molecule has 3 aliphatic heterocycles. The molecule has 6 nitrogen and oxygen atoms in total. The normalized spacial score (nSPS) is 21.8. The van der Waals surface area contributed by atoms with Crippen molar-refractivity contribution >= 4 is 39.2 Å². The van der Waals surface area contributed by atoms with Crippen LogP contribution in [0, 0.1) is 5.92 Å². The van der Waals surface area contributed by atoms with Crippen molar-refractivity contribution in [3.8, 4) is 0 Å². The van der Waals surface area contributed by atoms with E-state index in [9.17, 15) is 14.4 Å².